The van der Waals surface area contributed by atoms with Crippen molar-refractivity contribution in [2.45, 2.75) is 32.3 Å². The Morgan fingerprint density at radius 1 is 1.50 bits per heavy atom. The Kier molecular flexibility index (Phi) is 6.46. The second-order valence-electron chi connectivity index (χ2n) is 5.18. The van der Waals surface area contributed by atoms with Crippen LogP contribution in [0.1, 0.15) is 30.9 Å². The third-order valence-corrected chi connectivity index (χ3v) is 4.50. The van der Waals surface area contributed by atoms with Gasteiger partial charge in [-0.05, 0) is 37.1 Å². The maximum absolute atomic E-state index is 6.08. The molecule has 120 valence electrons. The third kappa shape index (κ3) is 3.70. The van der Waals surface area contributed by atoms with Crippen molar-refractivity contribution in [3.8, 4) is 5.75 Å². The summed E-state index contributed by atoms with van der Waals surface area (Å²) < 4.78 is 11.5. The van der Waals surface area contributed by atoms with Crippen LogP contribution < -0.4 is 4.74 Å². The molecule has 0 aliphatic carbocycles. The lowest BCUT2D eigenvalue weighted by molar-refractivity contribution is 0.141. The van der Waals surface area contributed by atoms with Gasteiger partial charge in [0.1, 0.15) is 17.5 Å². The van der Waals surface area contributed by atoms with Crippen LogP contribution in [0.4, 0.5) is 5.69 Å². The number of hydrogen-bond donors (Lipinski definition) is 0. The van der Waals surface area contributed by atoms with Crippen molar-refractivity contribution in [1.82, 2.24) is 0 Å². The van der Waals surface area contributed by atoms with Crippen LogP contribution in [-0.2, 0) is 11.2 Å². The highest BCUT2D eigenvalue weighted by Gasteiger charge is 2.21. The molecule has 0 saturated carbocycles. The van der Waals surface area contributed by atoms with Crippen LogP contribution in [0.15, 0.2) is 22.1 Å². The summed E-state index contributed by atoms with van der Waals surface area (Å²) in [6.45, 7) is 7.33. The number of rotatable bonds is 6. The van der Waals surface area contributed by atoms with Crippen LogP contribution in [0.3, 0.4) is 0 Å². The van der Waals surface area contributed by atoms with Gasteiger partial charge >= 0.3 is 0 Å². The molecule has 1 atom stereocenters. The zero-order valence-electron chi connectivity index (χ0n) is 13.6. The van der Waals surface area contributed by atoms with Crippen molar-refractivity contribution in [1.29, 1.82) is 0 Å². The predicted octanol–water partition coefficient (Wildman–Crippen LogP) is 3.88. The lowest BCUT2D eigenvalue weighted by Gasteiger charge is -2.19. The van der Waals surface area contributed by atoms with Gasteiger partial charge in [0.15, 0.2) is 0 Å². The minimum Gasteiger partial charge on any atom is -0.486 e. The summed E-state index contributed by atoms with van der Waals surface area (Å²) in [5.41, 5.74) is 3.15. The largest absolute Gasteiger partial charge is 0.486 e. The Labute approximate surface area is 137 Å². The third-order valence-electron chi connectivity index (χ3n) is 3.71. The Bertz CT molecular complexity index is 552. The van der Waals surface area contributed by atoms with Gasteiger partial charge < -0.3 is 9.47 Å². The topological polar surface area (TPSA) is 43.2 Å². The minimum absolute atomic E-state index is 0.112. The molecule has 5 heteroatoms. The molecule has 1 aromatic carbocycles. The van der Waals surface area contributed by atoms with Gasteiger partial charge in [0.05, 0.1) is 18.3 Å². The molecule has 0 N–H and O–H groups in total. The van der Waals surface area contributed by atoms with E-state index < -0.39 is 0 Å². The maximum atomic E-state index is 6.08. The predicted molar refractivity (Wildman–Crippen MR) is 95.5 cm³/mol. The molecule has 1 heterocycles. The first kappa shape index (κ1) is 17.0. The fourth-order valence-corrected chi connectivity index (χ4v) is 3.29. The van der Waals surface area contributed by atoms with Crippen molar-refractivity contribution >= 4 is 29.2 Å². The van der Waals surface area contributed by atoms with Gasteiger partial charge in [-0.25, -0.2) is 0 Å². The molecule has 1 aliphatic rings. The van der Waals surface area contributed by atoms with E-state index in [0.717, 1.165) is 47.9 Å². The number of nitrogens with zero attached hydrogens (tertiary/aromatic N) is 2. The molecule has 2 rings (SSSR count). The summed E-state index contributed by atoms with van der Waals surface area (Å²) in [5, 5.41) is 1.02. The van der Waals surface area contributed by atoms with Crippen molar-refractivity contribution in [3.63, 3.8) is 0 Å². The SMILES string of the molecule is C=Nc1c(OC2CCOC2)ccc(/C(=N/C)SC)c1CCC. The lowest BCUT2D eigenvalue weighted by Crippen LogP contribution is -2.16. The molecule has 4 nitrogen and oxygen atoms in total. The number of aliphatic imine (C=N–C) groups is 2. The van der Waals surface area contributed by atoms with E-state index in [1.165, 1.54) is 5.56 Å². The summed E-state index contributed by atoms with van der Waals surface area (Å²) >= 11 is 1.65. The molecule has 0 amide bonds. The molecule has 22 heavy (non-hydrogen) atoms. The zero-order chi connectivity index (χ0) is 15.9. The van der Waals surface area contributed by atoms with E-state index in [2.05, 4.69) is 29.7 Å². The minimum atomic E-state index is 0.112. The Morgan fingerprint density at radius 3 is 2.86 bits per heavy atom. The zero-order valence-corrected chi connectivity index (χ0v) is 14.4. The lowest BCUT2D eigenvalue weighted by atomic mass is 10.0. The monoisotopic (exact) mass is 320 g/mol. The van der Waals surface area contributed by atoms with E-state index >= 15 is 0 Å². The average Bonchev–Trinajstić information content (AvgIpc) is 3.03. The highest BCUT2D eigenvalue weighted by atomic mass is 32.2. The number of thioether (sulfide) groups is 1. The van der Waals surface area contributed by atoms with Gasteiger partial charge in [0.25, 0.3) is 0 Å². The van der Waals surface area contributed by atoms with E-state index in [1.807, 2.05) is 19.4 Å². The fraction of sp³-hybridized carbons (Fsp3) is 0.529. The normalized spacial score (nSPS) is 18.5. The molecule has 1 aliphatic heterocycles. The van der Waals surface area contributed by atoms with Gasteiger partial charge in [-0.1, -0.05) is 13.3 Å². The van der Waals surface area contributed by atoms with Crippen molar-refractivity contribution in [2.24, 2.45) is 9.98 Å². The smallest absolute Gasteiger partial charge is 0.145 e. The summed E-state index contributed by atoms with van der Waals surface area (Å²) in [7, 11) is 1.82. The molecule has 1 saturated heterocycles. The summed E-state index contributed by atoms with van der Waals surface area (Å²) in [4.78, 5) is 8.65. The van der Waals surface area contributed by atoms with Crippen LogP contribution >= 0.6 is 11.8 Å². The van der Waals surface area contributed by atoms with Crippen molar-refractivity contribution in [2.75, 3.05) is 26.5 Å². The molecule has 0 bridgehead atoms. The van der Waals surface area contributed by atoms with E-state index in [4.69, 9.17) is 9.47 Å². The Balaban J connectivity index is 2.43. The maximum Gasteiger partial charge on any atom is 0.145 e. The van der Waals surface area contributed by atoms with E-state index in [1.54, 1.807) is 11.8 Å². The molecule has 1 aromatic rings. The van der Waals surface area contributed by atoms with E-state index in [-0.39, 0.29) is 6.10 Å². The van der Waals surface area contributed by atoms with E-state index in [0.29, 0.717) is 6.61 Å². The second kappa shape index (κ2) is 8.34. The fourth-order valence-electron chi connectivity index (χ4n) is 2.69. The summed E-state index contributed by atoms with van der Waals surface area (Å²) in [6, 6.07) is 4.07. The van der Waals surface area contributed by atoms with Gasteiger partial charge in [-0.15, -0.1) is 11.8 Å². The highest BCUT2D eigenvalue weighted by molar-refractivity contribution is 8.13. The quantitative estimate of drug-likeness (QED) is 0.590. The molecule has 0 aromatic heterocycles. The van der Waals surface area contributed by atoms with Crippen molar-refractivity contribution in [3.05, 3.63) is 23.3 Å². The number of benzene rings is 1. The van der Waals surface area contributed by atoms with Crippen LogP contribution in [0, 0.1) is 0 Å². The summed E-state index contributed by atoms with van der Waals surface area (Å²) in [5.74, 6) is 0.800. The van der Waals surface area contributed by atoms with Crippen LogP contribution in [-0.4, -0.2) is 44.4 Å². The average molecular weight is 320 g/mol. The molecule has 1 unspecified atom stereocenters. The first-order chi connectivity index (χ1) is 10.7. The molecule has 1 fully saturated rings. The Hall–Kier alpha value is -1.33. The molecule has 0 radical (unpaired) electrons. The standard InChI is InChI=1S/C17H24N2O2S/c1-5-6-13-14(17(19-3)22-4)7-8-15(16(13)18-2)21-12-9-10-20-11-12/h7-8,12H,2,5-6,9-11H2,1,3-4H3/b19-17-. The second-order valence-corrected chi connectivity index (χ2v) is 5.98. The molecular weight excluding hydrogens is 296 g/mol. The Morgan fingerprint density at radius 2 is 2.32 bits per heavy atom. The number of hydrogen-bond acceptors (Lipinski definition) is 5. The molecular formula is C17H24N2O2S. The van der Waals surface area contributed by atoms with Gasteiger partial charge in [0.2, 0.25) is 0 Å². The number of ether oxygens (including phenoxy) is 2. The van der Waals surface area contributed by atoms with Gasteiger partial charge in [0, 0.05) is 19.0 Å². The highest BCUT2D eigenvalue weighted by Crippen LogP contribution is 2.37. The van der Waals surface area contributed by atoms with Gasteiger partial charge in [-0.2, -0.15) is 0 Å². The van der Waals surface area contributed by atoms with Gasteiger partial charge in [-0.3, -0.25) is 9.98 Å². The van der Waals surface area contributed by atoms with Crippen molar-refractivity contribution < 1.29 is 9.47 Å². The van der Waals surface area contributed by atoms with Crippen LogP contribution in [0.25, 0.3) is 0 Å². The first-order valence-corrected chi connectivity index (χ1v) is 8.85. The van der Waals surface area contributed by atoms with Crippen LogP contribution in [0.5, 0.6) is 5.75 Å². The summed E-state index contributed by atoms with van der Waals surface area (Å²) in [6.07, 6.45) is 5.05. The molecule has 0 spiro atoms. The van der Waals surface area contributed by atoms with Crippen LogP contribution in [0.2, 0.25) is 0 Å². The van der Waals surface area contributed by atoms with E-state index in [9.17, 15) is 0 Å². The first-order valence-electron chi connectivity index (χ1n) is 7.63.